The lowest BCUT2D eigenvalue weighted by molar-refractivity contribution is -0.384. The molecule has 7 nitrogen and oxygen atoms in total. The predicted octanol–water partition coefficient (Wildman–Crippen LogP) is 1.69. The average molecular weight is 298 g/mol. The number of halogens is 1. The fraction of sp³-hybridized carbons (Fsp3) is 0.417. The van der Waals surface area contributed by atoms with Crippen LogP contribution in [-0.4, -0.2) is 41.1 Å². The van der Waals surface area contributed by atoms with Crippen LogP contribution >= 0.6 is 12.4 Å². The van der Waals surface area contributed by atoms with Crippen LogP contribution in [-0.2, 0) is 0 Å². The van der Waals surface area contributed by atoms with E-state index in [1.807, 2.05) is 7.05 Å². The molecule has 1 saturated heterocycles. The van der Waals surface area contributed by atoms with E-state index in [0.717, 1.165) is 31.0 Å². The first kappa shape index (κ1) is 14.5. The number of non-ortho nitro benzene ring substituents is 1. The number of nitrogens with one attached hydrogen (secondary N) is 2. The van der Waals surface area contributed by atoms with E-state index in [1.165, 1.54) is 12.1 Å². The first-order chi connectivity index (χ1) is 9.15. The van der Waals surface area contributed by atoms with Crippen LogP contribution in [0.3, 0.4) is 0 Å². The van der Waals surface area contributed by atoms with E-state index >= 15 is 0 Å². The number of likely N-dealkylation sites (N-methyl/N-ethyl adjacent to an activating group) is 1. The summed E-state index contributed by atoms with van der Waals surface area (Å²) in [7, 11) is 1.99. The van der Waals surface area contributed by atoms with Crippen molar-refractivity contribution in [2.75, 3.05) is 25.0 Å². The summed E-state index contributed by atoms with van der Waals surface area (Å²) in [4.78, 5) is 20.1. The molecule has 2 N–H and O–H groups in total. The largest absolute Gasteiger partial charge is 0.341 e. The zero-order valence-electron chi connectivity index (χ0n) is 11.0. The Kier molecular flexibility index (Phi) is 4.10. The number of aromatic amines is 1. The summed E-state index contributed by atoms with van der Waals surface area (Å²) < 4.78 is 0. The number of hydrogen-bond donors (Lipinski definition) is 2. The molecule has 0 unspecified atom stereocenters. The molecule has 0 aliphatic carbocycles. The van der Waals surface area contributed by atoms with Crippen molar-refractivity contribution < 1.29 is 4.92 Å². The average Bonchev–Trinajstić information content (AvgIpc) is 3.06. The number of aromatic nitrogens is 2. The van der Waals surface area contributed by atoms with Crippen molar-refractivity contribution in [3.8, 4) is 0 Å². The van der Waals surface area contributed by atoms with Crippen LogP contribution in [0, 0.1) is 10.1 Å². The third kappa shape index (κ3) is 2.54. The molecule has 2 heterocycles. The van der Waals surface area contributed by atoms with Gasteiger partial charge in [0.1, 0.15) is 0 Å². The van der Waals surface area contributed by atoms with Gasteiger partial charge in [0.2, 0.25) is 5.95 Å². The summed E-state index contributed by atoms with van der Waals surface area (Å²) in [6.45, 7) is 1.95. The van der Waals surface area contributed by atoms with Gasteiger partial charge in [-0.25, -0.2) is 4.98 Å². The van der Waals surface area contributed by atoms with E-state index in [-0.39, 0.29) is 18.1 Å². The number of benzene rings is 1. The number of hydrogen-bond acceptors (Lipinski definition) is 5. The number of rotatable bonds is 3. The molecule has 1 atom stereocenters. The Balaban J connectivity index is 0.00000147. The van der Waals surface area contributed by atoms with E-state index in [2.05, 4.69) is 20.2 Å². The highest BCUT2D eigenvalue weighted by atomic mass is 35.5. The van der Waals surface area contributed by atoms with Crippen molar-refractivity contribution in [3.63, 3.8) is 0 Å². The van der Waals surface area contributed by atoms with Crippen molar-refractivity contribution >= 4 is 35.1 Å². The summed E-state index contributed by atoms with van der Waals surface area (Å²) in [6, 6.07) is 5.08. The van der Waals surface area contributed by atoms with Crippen molar-refractivity contribution in [3.05, 3.63) is 28.3 Å². The lowest BCUT2D eigenvalue weighted by Gasteiger charge is -2.22. The molecule has 0 amide bonds. The van der Waals surface area contributed by atoms with Crippen molar-refractivity contribution in [1.29, 1.82) is 0 Å². The number of nitrogens with zero attached hydrogens (tertiary/aromatic N) is 3. The van der Waals surface area contributed by atoms with Gasteiger partial charge in [0, 0.05) is 31.8 Å². The minimum Gasteiger partial charge on any atom is -0.341 e. The van der Waals surface area contributed by atoms with Crippen molar-refractivity contribution in [2.45, 2.75) is 12.5 Å². The van der Waals surface area contributed by atoms with Crippen LogP contribution in [0.2, 0.25) is 0 Å². The summed E-state index contributed by atoms with van der Waals surface area (Å²) in [5.74, 6) is 0.754. The second kappa shape index (κ2) is 5.64. The lowest BCUT2D eigenvalue weighted by atomic mass is 10.2. The molecule has 1 aliphatic rings. The zero-order valence-corrected chi connectivity index (χ0v) is 11.8. The SMILES string of the molecule is CN(c1nc2ccc([N+](=O)[O-])cc2[nH]1)[C@@H]1CCNC1.Cl. The maximum Gasteiger partial charge on any atom is 0.271 e. The molecule has 20 heavy (non-hydrogen) atoms. The molecule has 0 bridgehead atoms. The summed E-state index contributed by atoms with van der Waals surface area (Å²) in [5.41, 5.74) is 1.52. The number of imidazole rings is 1. The first-order valence-corrected chi connectivity index (χ1v) is 6.23. The molecule has 0 spiro atoms. The zero-order chi connectivity index (χ0) is 13.4. The third-order valence-electron chi connectivity index (χ3n) is 3.58. The van der Waals surface area contributed by atoms with Gasteiger partial charge in [0.15, 0.2) is 0 Å². The number of nitro benzene ring substituents is 1. The molecule has 8 heteroatoms. The molecule has 1 aromatic heterocycles. The highest BCUT2D eigenvalue weighted by molar-refractivity contribution is 5.85. The van der Waals surface area contributed by atoms with Crippen LogP contribution in [0.5, 0.6) is 0 Å². The predicted molar refractivity (Wildman–Crippen MR) is 79.7 cm³/mol. The molecule has 1 fully saturated rings. The topological polar surface area (TPSA) is 87.1 Å². The Morgan fingerprint density at radius 3 is 2.95 bits per heavy atom. The monoisotopic (exact) mass is 297 g/mol. The van der Waals surface area contributed by atoms with Crippen molar-refractivity contribution in [2.24, 2.45) is 0 Å². The molecule has 3 rings (SSSR count). The molecule has 0 radical (unpaired) electrons. The fourth-order valence-corrected chi connectivity index (χ4v) is 2.41. The van der Waals surface area contributed by atoms with Gasteiger partial charge >= 0.3 is 0 Å². The Labute approximate surface area is 121 Å². The summed E-state index contributed by atoms with van der Waals surface area (Å²) >= 11 is 0. The molecule has 2 aromatic rings. The van der Waals surface area contributed by atoms with Crippen LogP contribution < -0.4 is 10.2 Å². The van der Waals surface area contributed by atoms with Gasteiger partial charge in [-0.3, -0.25) is 10.1 Å². The first-order valence-electron chi connectivity index (χ1n) is 6.23. The van der Waals surface area contributed by atoms with Gasteiger partial charge in [-0.2, -0.15) is 0 Å². The van der Waals surface area contributed by atoms with Crippen LogP contribution in [0.4, 0.5) is 11.6 Å². The quantitative estimate of drug-likeness (QED) is 0.665. The molecule has 108 valence electrons. The number of fused-ring (bicyclic) bond motifs is 1. The molecule has 1 aliphatic heterocycles. The Hall–Kier alpha value is -1.86. The van der Waals surface area contributed by atoms with Gasteiger partial charge < -0.3 is 15.2 Å². The van der Waals surface area contributed by atoms with Gasteiger partial charge in [-0.1, -0.05) is 0 Å². The Bertz CT molecular complexity index is 623. The second-order valence-electron chi connectivity index (χ2n) is 4.78. The third-order valence-corrected chi connectivity index (χ3v) is 3.58. The smallest absolute Gasteiger partial charge is 0.271 e. The molecule has 0 saturated carbocycles. The standard InChI is InChI=1S/C12H15N5O2.ClH/c1-16(9-4-5-13-7-9)12-14-10-3-2-8(17(18)19)6-11(10)15-12;/h2-3,6,9,13H,4-5,7H2,1H3,(H,14,15);1H/t9-;/m1./s1. The van der Waals surface area contributed by atoms with E-state index in [0.29, 0.717) is 11.6 Å². The van der Waals surface area contributed by atoms with Gasteiger partial charge in [-0.05, 0) is 19.0 Å². The number of anilines is 1. The summed E-state index contributed by atoms with van der Waals surface area (Å²) in [5, 5.41) is 14.1. The molecular formula is C12H16ClN5O2. The highest BCUT2D eigenvalue weighted by Crippen LogP contribution is 2.23. The van der Waals surface area contributed by atoms with E-state index in [9.17, 15) is 10.1 Å². The minimum atomic E-state index is -0.398. The van der Waals surface area contributed by atoms with Gasteiger partial charge in [-0.15, -0.1) is 12.4 Å². The molecule has 1 aromatic carbocycles. The molecular weight excluding hydrogens is 282 g/mol. The van der Waals surface area contributed by atoms with Gasteiger partial charge in [0.05, 0.1) is 16.0 Å². The van der Waals surface area contributed by atoms with Crippen LogP contribution in [0.1, 0.15) is 6.42 Å². The maximum atomic E-state index is 10.7. The summed E-state index contributed by atoms with van der Waals surface area (Å²) in [6.07, 6.45) is 1.08. The maximum absolute atomic E-state index is 10.7. The highest BCUT2D eigenvalue weighted by Gasteiger charge is 2.21. The van der Waals surface area contributed by atoms with Crippen molar-refractivity contribution in [1.82, 2.24) is 15.3 Å². The van der Waals surface area contributed by atoms with E-state index < -0.39 is 4.92 Å². The number of H-pyrrole nitrogens is 1. The number of nitro groups is 1. The second-order valence-corrected chi connectivity index (χ2v) is 4.78. The van der Waals surface area contributed by atoms with Crippen LogP contribution in [0.25, 0.3) is 11.0 Å². The Morgan fingerprint density at radius 2 is 2.30 bits per heavy atom. The lowest BCUT2D eigenvalue weighted by Crippen LogP contribution is -2.34. The minimum absolute atomic E-state index is 0. The van der Waals surface area contributed by atoms with E-state index in [1.54, 1.807) is 6.07 Å². The van der Waals surface area contributed by atoms with Gasteiger partial charge in [0.25, 0.3) is 5.69 Å². The fourth-order valence-electron chi connectivity index (χ4n) is 2.41. The van der Waals surface area contributed by atoms with E-state index in [4.69, 9.17) is 0 Å². The van der Waals surface area contributed by atoms with Crippen LogP contribution in [0.15, 0.2) is 18.2 Å². The normalized spacial score (nSPS) is 17.9. The Morgan fingerprint density at radius 1 is 1.50 bits per heavy atom.